The molecule has 0 aromatic carbocycles. The molecule has 21 heavy (non-hydrogen) atoms. The summed E-state index contributed by atoms with van der Waals surface area (Å²) in [5.74, 6) is -0.248. The van der Waals surface area contributed by atoms with E-state index in [4.69, 9.17) is 14.4 Å². The van der Waals surface area contributed by atoms with Crippen LogP contribution < -0.4 is 0 Å². The quantitative estimate of drug-likeness (QED) is 0.782. The Morgan fingerprint density at radius 2 is 1.67 bits per heavy atom. The second-order valence-corrected chi connectivity index (χ2v) is 7.97. The Labute approximate surface area is 128 Å². The standard InChI is InChI=1S/C16H29BO4/c1-14(2)15(3,4)21-17(20-14)16(5,11-10-13(18)19)12-8-6-7-9-12/h12H,6-11H2,1-5H3,(H,18,19). The van der Waals surface area contributed by atoms with Crippen molar-refractivity contribution in [2.75, 3.05) is 0 Å². The van der Waals surface area contributed by atoms with Crippen molar-refractivity contribution < 1.29 is 19.2 Å². The summed E-state index contributed by atoms with van der Waals surface area (Å²) < 4.78 is 12.5. The van der Waals surface area contributed by atoms with Crippen LogP contribution in [0.2, 0.25) is 5.31 Å². The number of carbonyl (C=O) groups is 1. The largest absolute Gasteiger partial charge is 0.481 e. The molecular formula is C16H29BO4. The van der Waals surface area contributed by atoms with Crippen LogP contribution in [0, 0.1) is 5.92 Å². The van der Waals surface area contributed by atoms with E-state index in [1.807, 2.05) is 0 Å². The molecule has 1 N–H and O–H groups in total. The number of aliphatic carboxylic acids is 1. The van der Waals surface area contributed by atoms with Gasteiger partial charge in [-0.1, -0.05) is 32.6 Å². The van der Waals surface area contributed by atoms with Crippen molar-refractivity contribution >= 4 is 13.1 Å². The first-order chi connectivity index (χ1) is 9.58. The average Bonchev–Trinajstić information content (AvgIpc) is 2.94. The fraction of sp³-hybridized carbons (Fsp3) is 0.938. The topological polar surface area (TPSA) is 55.8 Å². The molecule has 120 valence electrons. The summed E-state index contributed by atoms with van der Waals surface area (Å²) in [6, 6.07) is 0. The fourth-order valence-electron chi connectivity index (χ4n) is 3.59. The summed E-state index contributed by atoms with van der Waals surface area (Å²) in [6.07, 6.45) is 5.56. The molecule has 0 radical (unpaired) electrons. The predicted octanol–water partition coefficient (Wildman–Crippen LogP) is 3.89. The molecule has 5 heteroatoms. The molecule has 2 aliphatic rings. The van der Waals surface area contributed by atoms with Crippen LogP contribution in [0.25, 0.3) is 0 Å². The lowest BCUT2D eigenvalue weighted by Crippen LogP contribution is -2.41. The van der Waals surface area contributed by atoms with E-state index in [0.29, 0.717) is 12.3 Å². The third-order valence-electron chi connectivity index (χ3n) is 5.96. The van der Waals surface area contributed by atoms with Gasteiger partial charge in [-0.25, -0.2) is 0 Å². The van der Waals surface area contributed by atoms with Gasteiger partial charge in [0.1, 0.15) is 0 Å². The van der Waals surface area contributed by atoms with Crippen molar-refractivity contribution in [1.82, 2.24) is 0 Å². The molecule has 0 aromatic heterocycles. The molecule has 0 aromatic rings. The zero-order chi connectivity index (χ0) is 15.9. The Balaban J connectivity index is 2.21. The molecule has 2 fully saturated rings. The lowest BCUT2D eigenvalue weighted by atomic mass is 9.50. The second-order valence-electron chi connectivity index (χ2n) is 7.97. The van der Waals surface area contributed by atoms with Crippen molar-refractivity contribution in [2.45, 2.75) is 89.7 Å². The molecule has 4 nitrogen and oxygen atoms in total. The maximum Gasteiger partial charge on any atom is 0.464 e. The van der Waals surface area contributed by atoms with Gasteiger partial charge in [-0.3, -0.25) is 4.79 Å². The minimum Gasteiger partial charge on any atom is -0.481 e. The Bertz CT molecular complexity index is 385. The van der Waals surface area contributed by atoms with E-state index in [2.05, 4.69) is 34.6 Å². The van der Waals surface area contributed by atoms with Crippen molar-refractivity contribution in [1.29, 1.82) is 0 Å². The highest BCUT2D eigenvalue weighted by Crippen LogP contribution is 2.55. The van der Waals surface area contributed by atoms with Crippen LogP contribution in [0.15, 0.2) is 0 Å². The molecule has 0 spiro atoms. The van der Waals surface area contributed by atoms with Gasteiger partial charge in [0, 0.05) is 11.7 Å². The van der Waals surface area contributed by atoms with Crippen molar-refractivity contribution in [3.8, 4) is 0 Å². The maximum atomic E-state index is 11.0. The van der Waals surface area contributed by atoms with Crippen molar-refractivity contribution in [3.05, 3.63) is 0 Å². The molecule has 1 aliphatic heterocycles. The van der Waals surface area contributed by atoms with Gasteiger partial charge < -0.3 is 14.4 Å². The molecule has 1 unspecified atom stereocenters. The Kier molecular flexibility index (Phi) is 4.47. The monoisotopic (exact) mass is 296 g/mol. The fourth-order valence-corrected chi connectivity index (χ4v) is 3.59. The zero-order valence-corrected chi connectivity index (χ0v) is 14.1. The van der Waals surface area contributed by atoms with E-state index >= 15 is 0 Å². The number of hydrogen-bond acceptors (Lipinski definition) is 3. The first-order valence-corrected chi connectivity index (χ1v) is 8.16. The van der Waals surface area contributed by atoms with Gasteiger partial charge in [0.25, 0.3) is 0 Å². The molecule has 0 bridgehead atoms. The molecule has 1 saturated carbocycles. The van der Waals surface area contributed by atoms with Gasteiger partial charge in [0.2, 0.25) is 0 Å². The number of hydrogen-bond donors (Lipinski definition) is 1. The zero-order valence-electron chi connectivity index (χ0n) is 14.1. The highest BCUT2D eigenvalue weighted by Gasteiger charge is 2.59. The van der Waals surface area contributed by atoms with E-state index in [-0.39, 0.29) is 30.1 Å². The third kappa shape index (κ3) is 3.14. The predicted molar refractivity (Wildman–Crippen MR) is 83.3 cm³/mol. The van der Waals surface area contributed by atoms with E-state index in [9.17, 15) is 4.79 Å². The van der Waals surface area contributed by atoms with Crippen LogP contribution in [0.1, 0.15) is 73.1 Å². The van der Waals surface area contributed by atoms with Crippen LogP contribution in [0.5, 0.6) is 0 Å². The van der Waals surface area contributed by atoms with Gasteiger partial charge in [0.15, 0.2) is 0 Å². The second kappa shape index (κ2) is 5.58. The van der Waals surface area contributed by atoms with Crippen molar-refractivity contribution in [3.63, 3.8) is 0 Å². The molecule has 1 saturated heterocycles. The van der Waals surface area contributed by atoms with Gasteiger partial charge in [-0.05, 0) is 40.0 Å². The van der Waals surface area contributed by atoms with Crippen LogP contribution >= 0.6 is 0 Å². The van der Waals surface area contributed by atoms with Crippen LogP contribution in [0.3, 0.4) is 0 Å². The normalized spacial score (nSPS) is 27.8. The van der Waals surface area contributed by atoms with E-state index in [0.717, 1.165) is 12.8 Å². The van der Waals surface area contributed by atoms with E-state index in [1.165, 1.54) is 12.8 Å². The highest BCUT2D eigenvalue weighted by atomic mass is 16.7. The number of carboxylic acids is 1. The third-order valence-corrected chi connectivity index (χ3v) is 5.96. The van der Waals surface area contributed by atoms with E-state index < -0.39 is 5.97 Å². The Morgan fingerprint density at radius 1 is 1.19 bits per heavy atom. The molecule has 2 rings (SSSR count). The van der Waals surface area contributed by atoms with E-state index in [1.54, 1.807) is 0 Å². The molecule has 1 heterocycles. The van der Waals surface area contributed by atoms with Gasteiger partial charge >= 0.3 is 13.1 Å². The van der Waals surface area contributed by atoms with Crippen LogP contribution in [-0.4, -0.2) is 29.4 Å². The highest BCUT2D eigenvalue weighted by molar-refractivity contribution is 6.49. The summed E-state index contributed by atoms with van der Waals surface area (Å²) in [5, 5.41) is 8.86. The molecule has 0 amide bonds. The number of carboxylic acid groups (broad SMARTS) is 1. The molecule has 1 aliphatic carbocycles. The summed E-state index contributed by atoms with van der Waals surface area (Å²) in [5.41, 5.74) is -0.721. The lowest BCUT2D eigenvalue weighted by Gasteiger charge is -2.37. The summed E-state index contributed by atoms with van der Waals surface area (Å²) in [6.45, 7) is 10.4. The van der Waals surface area contributed by atoms with Gasteiger partial charge in [0.05, 0.1) is 11.2 Å². The summed E-state index contributed by atoms with van der Waals surface area (Å²) in [7, 11) is -0.315. The summed E-state index contributed by atoms with van der Waals surface area (Å²) >= 11 is 0. The minimum atomic E-state index is -0.740. The average molecular weight is 296 g/mol. The maximum absolute atomic E-state index is 11.0. The van der Waals surface area contributed by atoms with Gasteiger partial charge in [-0.2, -0.15) is 0 Å². The first kappa shape index (κ1) is 16.8. The van der Waals surface area contributed by atoms with Crippen LogP contribution in [0.4, 0.5) is 0 Å². The first-order valence-electron chi connectivity index (χ1n) is 8.16. The molecule has 1 atom stereocenters. The number of rotatable bonds is 5. The smallest absolute Gasteiger partial charge is 0.464 e. The van der Waals surface area contributed by atoms with Crippen molar-refractivity contribution in [2.24, 2.45) is 5.92 Å². The SMILES string of the molecule is CC(CCC(=O)O)(B1OC(C)(C)C(C)(C)O1)C1CCCC1. The minimum absolute atomic E-state index is 0.178. The lowest BCUT2D eigenvalue weighted by molar-refractivity contribution is -0.137. The van der Waals surface area contributed by atoms with Gasteiger partial charge in [-0.15, -0.1) is 0 Å². The Morgan fingerprint density at radius 3 is 2.10 bits per heavy atom. The summed E-state index contributed by atoms with van der Waals surface area (Å²) in [4.78, 5) is 11.0. The molecular weight excluding hydrogens is 267 g/mol. The van der Waals surface area contributed by atoms with Crippen LogP contribution in [-0.2, 0) is 14.1 Å². The Hall–Kier alpha value is -0.545.